The molecule has 0 aliphatic rings. The topological polar surface area (TPSA) is 61.0 Å². The normalized spacial score (nSPS) is 11.2. The first-order chi connectivity index (χ1) is 13.5. The summed E-state index contributed by atoms with van der Waals surface area (Å²) >= 11 is 1.64. The van der Waals surface area contributed by atoms with Crippen molar-refractivity contribution in [1.29, 1.82) is 0 Å². The standard InChI is InChI=1S/C22H24N4OS/c1-14-8-9-15(2)21-20(14)25-22(28-21)26(3)13-19(27)23-11-10-16-12-24-18-7-5-4-6-17(16)18/h4-9,12,24H,10-11,13H2,1-3H3,(H,23,27). The zero-order valence-electron chi connectivity index (χ0n) is 16.4. The molecular weight excluding hydrogens is 368 g/mol. The number of thiazole rings is 1. The minimum Gasteiger partial charge on any atom is -0.361 e. The highest BCUT2D eigenvalue weighted by Gasteiger charge is 2.14. The number of nitrogens with zero attached hydrogens (tertiary/aromatic N) is 2. The molecule has 5 nitrogen and oxygen atoms in total. The fraction of sp³-hybridized carbons (Fsp3) is 0.273. The molecule has 0 fully saturated rings. The van der Waals surface area contributed by atoms with E-state index in [0.29, 0.717) is 13.1 Å². The van der Waals surface area contributed by atoms with Crippen LogP contribution in [0.5, 0.6) is 0 Å². The molecule has 2 aromatic heterocycles. The first-order valence-corrected chi connectivity index (χ1v) is 10.2. The zero-order chi connectivity index (χ0) is 19.7. The molecule has 28 heavy (non-hydrogen) atoms. The molecular formula is C22H24N4OS. The summed E-state index contributed by atoms with van der Waals surface area (Å²) in [6.45, 7) is 5.09. The van der Waals surface area contributed by atoms with Crippen LogP contribution in [0.2, 0.25) is 0 Å². The van der Waals surface area contributed by atoms with E-state index < -0.39 is 0 Å². The predicted octanol–water partition coefficient (Wildman–Crippen LogP) is 4.19. The van der Waals surface area contributed by atoms with Crippen LogP contribution in [-0.2, 0) is 11.2 Å². The summed E-state index contributed by atoms with van der Waals surface area (Å²) < 4.78 is 1.20. The summed E-state index contributed by atoms with van der Waals surface area (Å²) in [5, 5.41) is 5.12. The maximum atomic E-state index is 12.4. The Balaban J connectivity index is 1.36. The Morgan fingerprint density at radius 1 is 1.18 bits per heavy atom. The Morgan fingerprint density at radius 3 is 2.79 bits per heavy atom. The van der Waals surface area contributed by atoms with Gasteiger partial charge in [0.25, 0.3) is 0 Å². The number of nitrogens with one attached hydrogen (secondary N) is 2. The highest BCUT2D eigenvalue weighted by molar-refractivity contribution is 7.22. The van der Waals surface area contributed by atoms with Crippen molar-refractivity contribution < 1.29 is 4.79 Å². The van der Waals surface area contributed by atoms with Gasteiger partial charge in [-0.1, -0.05) is 41.7 Å². The van der Waals surface area contributed by atoms with Crippen molar-refractivity contribution in [1.82, 2.24) is 15.3 Å². The summed E-state index contributed by atoms with van der Waals surface area (Å²) in [4.78, 5) is 22.3. The largest absolute Gasteiger partial charge is 0.361 e. The van der Waals surface area contributed by atoms with Crippen molar-refractivity contribution in [3.8, 4) is 0 Å². The highest BCUT2D eigenvalue weighted by Crippen LogP contribution is 2.32. The third-order valence-electron chi connectivity index (χ3n) is 5.03. The SMILES string of the molecule is Cc1ccc(C)c2sc(N(C)CC(=O)NCCc3c[nH]c4ccccc34)nc12. The maximum absolute atomic E-state index is 12.4. The molecule has 0 atom stereocenters. The van der Waals surface area contributed by atoms with Crippen molar-refractivity contribution in [2.75, 3.05) is 25.0 Å². The summed E-state index contributed by atoms with van der Waals surface area (Å²) in [6.07, 6.45) is 2.83. The lowest BCUT2D eigenvalue weighted by Gasteiger charge is -2.15. The molecule has 0 unspecified atom stereocenters. The van der Waals surface area contributed by atoms with Crippen LogP contribution in [0.4, 0.5) is 5.13 Å². The van der Waals surface area contributed by atoms with E-state index in [2.05, 4.69) is 48.4 Å². The number of benzene rings is 2. The minimum atomic E-state index is 0.00930. The second-order valence-electron chi connectivity index (χ2n) is 7.19. The molecule has 2 N–H and O–H groups in total. The first-order valence-electron chi connectivity index (χ1n) is 9.42. The van der Waals surface area contributed by atoms with Gasteiger partial charge < -0.3 is 15.2 Å². The summed E-state index contributed by atoms with van der Waals surface area (Å²) in [5.41, 5.74) is 5.78. The number of fused-ring (bicyclic) bond motifs is 2. The minimum absolute atomic E-state index is 0.00930. The fourth-order valence-electron chi connectivity index (χ4n) is 3.43. The number of anilines is 1. The lowest BCUT2D eigenvalue weighted by Crippen LogP contribution is -2.36. The number of amides is 1. The molecule has 0 bridgehead atoms. The van der Waals surface area contributed by atoms with Gasteiger partial charge in [0.15, 0.2) is 5.13 Å². The third-order valence-corrected chi connectivity index (χ3v) is 6.33. The van der Waals surface area contributed by atoms with Crippen LogP contribution in [0, 0.1) is 13.8 Å². The van der Waals surface area contributed by atoms with Gasteiger partial charge in [-0.3, -0.25) is 4.79 Å². The zero-order valence-corrected chi connectivity index (χ0v) is 17.2. The van der Waals surface area contributed by atoms with Gasteiger partial charge in [-0.25, -0.2) is 4.98 Å². The van der Waals surface area contributed by atoms with Gasteiger partial charge in [0, 0.05) is 30.7 Å². The summed E-state index contributed by atoms with van der Waals surface area (Å²) in [5.74, 6) is 0.00930. The van der Waals surface area contributed by atoms with Crippen molar-refractivity contribution in [3.63, 3.8) is 0 Å². The number of carbonyl (C=O) groups excluding carboxylic acids is 1. The van der Waals surface area contributed by atoms with E-state index in [-0.39, 0.29) is 5.91 Å². The van der Waals surface area contributed by atoms with Crippen LogP contribution in [0.25, 0.3) is 21.1 Å². The highest BCUT2D eigenvalue weighted by atomic mass is 32.1. The molecule has 4 rings (SSSR count). The molecule has 1 amide bonds. The van der Waals surface area contributed by atoms with E-state index in [9.17, 15) is 4.79 Å². The summed E-state index contributed by atoms with van der Waals surface area (Å²) in [6, 6.07) is 12.4. The van der Waals surface area contributed by atoms with Gasteiger partial charge in [0.1, 0.15) is 0 Å². The molecule has 144 valence electrons. The average molecular weight is 393 g/mol. The van der Waals surface area contributed by atoms with Crippen molar-refractivity contribution in [2.45, 2.75) is 20.3 Å². The number of carbonyl (C=O) groups is 1. The van der Waals surface area contributed by atoms with Gasteiger partial charge in [-0.15, -0.1) is 0 Å². The Kier molecular flexibility index (Phi) is 5.05. The van der Waals surface area contributed by atoms with E-state index in [1.807, 2.05) is 30.3 Å². The number of rotatable bonds is 6. The third kappa shape index (κ3) is 3.60. The Labute approximate surface area is 168 Å². The predicted molar refractivity (Wildman–Crippen MR) is 117 cm³/mol. The quantitative estimate of drug-likeness (QED) is 0.517. The average Bonchev–Trinajstić information content (AvgIpc) is 3.31. The van der Waals surface area contributed by atoms with Gasteiger partial charge in [-0.2, -0.15) is 0 Å². The van der Waals surface area contributed by atoms with Crippen LogP contribution in [0.3, 0.4) is 0 Å². The van der Waals surface area contributed by atoms with E-state index >= 15 is 0 Å². The molecule has 0 aliphatic heterocycles. The van der Waals surface area contributed by atoms with E-state index in [1.54, 1.807) is 11.3 Å². The van der Waals surface area contributed by atoms with Gasteiger partial charge >= 0.3 is 0 Å². The number of hydrogen-bond acceptors (Lipinski definition) is 4. The Bertz CT molecular complexity index is 1110. The second kappa shape index (κ2) is 7.64. The molecule has 0 spiro atoms. The van der Waals surface area contributed by atoms with Crippen molar-refractivity contribution in [2.24, 2.45) is 0 Å². The van der Waals surface area contributed by atoms with Gasteiger partial charge in [0.2, 0.25) is 5.91 Å². The monoisotopic (exact) mass is 392 g/mol. The molecule has 0 radical (unpaired) electrons. The fourth-order valence-corrected chi connectivity index (χ4v) is 4.50. The Hall–Kier alpha value is -2.86. The lowest BCUT2D eigenvalue weighted by atomic mass is 10.1. The molecule has 0 aliphatic carbocycles. The van der Waals surface area contributed by atoms with Crippen LogP contribution < -0.4 is 10.2 Å². The van der Waals surface area contributed by atoms with E-state index in [4.69, 9.17) is 4.98 Å². The van der Waals surface area contributed by atoms with Gasteiger partial charge in [0.05, 0.1) is 16.8 Å². The smallest absolute Gasteiger partial charge is 0.239 e. The van der Waals surface area contributed by atoms with Crippen LogP contribution >= 0.6 is 11.3 Å². The van der Waals surface area contributed by atoms with Crippen molar-refractivity contribution >= 4 is 43.5 Å². The lowest BCUT2D eigenvalue weighted by molar-refractivity contribution is -0.119. The number of aromatic amines is 1. The second-order valence-corrected chi connectivity index (χ2v) is 8.17. The van der Waals surface area contributed by atoms with Crippen LogP contribution in [-0.4, -0.2) is 36.0 Å². The van der Waals surface area contributed by atoms with E-state index in [0.717, 1.165) is 22.6 Å². The number of H-pyrrole nitrogens is 1. The van der Waals surface area contributed by atoms with E-state index in [1.165, 1.54) is 26.8 Å². The van der Waals surface area contributed by atoms with Crippen LogP contribution in [0.1, 0.15) is 16.7 Å². The molecule has 6 heteroatoms. The van der Waals surface area contributed by atoms with Crippen LogP contribution in [0.15, 0.2) is 42.6 Å². The first kappa shape index (κ1) is 18.5. The molecule has 0 saturated carbocycles. The number of aryl methyl sites for hydroxylation is 2. The maximum Gasteiger partial charge on any atom is 0.239 e. The summed E-state index contributed by atoms with van der Waals surface area (Å²) in [7, 11) is 1.92. The molecule has 2 aromatic carbocycles. The number of likely N-dealkylation sites (N-methyl/N-ethyl adjacent to an activating group) is 1. The molecule has 0 saturated heterocycles. The Morgan fingerprint density at radius 2 is 1.96 bits per heavy atom. The molecule has 4 aromatic rings. The van der Waals surface area contributed by atoms with Crippen molar-refractivity contribution in [3.05, 3.63) is 59.3 Å². The van der Waals surface area contributed by atoms with Gasteiger partial charge in [-0.05, 0) is 43.0 Å². The number of para-hydroxylation sites is 1. The number of hydrogen-bond donors (Lipinski definition) is 2. The molecule has 2 heterocycles. The number of aromatic nitrogens is 2.